The maximum absolute atomic E-state index is 15.2. The Morgan fingerprint density at radius 2 is 2.06 bits per heavy atom. The van der Waals surface area contributed by atoms with Gasteiger partial charge >= 0.3 is 0 Å². The number of benzene rings is 2. The van der Waals surface area contributed by atoms with Gasteiger partial charge in [-0.05, 0) is 23.8 Å². The Morgan fingerprint density at radius 3 is 2.79 bits per heavy atom. The average Bonchev–Trinajstić information content (AvgIpc) is 3.22. The van der Waals surface area contributed by atoms with Gasteiger partial charge in [-0.25, -0.2) is 9.37 Å². The number of halogens is 3. The van der Waals surface area contributed by atoms with E-state index in [0.717, 1.165) is 18.7 Å². The smallest absolute Gasteiger partial charge is 0.273 e. The molecule has 2 heterocycles. The molecule has 2 aromatic carbocycles. The van der Waals surface area contributed by atoms with E-state index in [4.69, 9.17) is 38.4 Å². The first-order valence-electron chi connectivity index (χ1n) is 10.2. The van der Waals surface area contributed by atoms with E-state index >= 15 is 4.39 Å². The summed E-state index contributed by atoms with van der Waals surface area (Å²) in [5.41, 5.74) is 7.68. The highest BCUT2D eigenvalue weighted by atomic mass is 35.5. The van der Waals surface area contributed by atoms with Crippen LogP contribution in [0.2, 0.25) is 10.2 Å². The fourth-order valence-corrected chi connectivity index (χ4v) is 3.84. The first-order valence-corrected chi connectivity index (χ1v) is 11.0. The van der Waals surface area contributed by atoms with Gasteiger partial charge < -0.3 is 25.5 Å². The van der Waals surface area contributed by atoms with Crippen molar-refractivity contribution in [2.24, 2.45) is 0 Å². The molecule has 33 heavy (non-hydrogen) atoms. The number of rotatable bonds is 7. The van der Waals surface area contributed by atoms with E-state index < -0.39 is 11.7 Å². The van der Waals surface area contributed by atoms with Crippen LogP contribution in [0.1, 0.15) is 21.6 Å². The molecule has 4 N–H and O–H groups in total. The Labute approximate surface area is 199 Å². The molecule has 0 radical (unpaired) electrons. The number of carbonyl (C=O) groups is 1. The number of aromatic nitrogens is 2. The molecule has 1 amide bonds. The summed E-state index contributed by atoms with van der Waals surface area (Å²) in [4.78, 5) is 20.9. The zero-order valence-corrected chi connectivity index (χ0v) is 19.0. The molecule has 1 fully saturated rings. The van der Waals surface area contributed by atoms with E-state index in [1.165, 1.54) is 18.5 Å². The van der Waals surface area contributed by atoms with E-state index in [1.54, 1.807) is 12.1 Å². The van der Waals surface area contributed by atoms with E-state index in [1.807, 2.05) is 6.07 Å². The molecule has 1 aromatic heterocycles. The highest BCUT2D eigenvalue weighted by Crippen LogP contribution is 2.35. The molecule has 3 aromatic rings. The normalized spacial score (nSPS) is 14.3. The van der Waals surface area contributed by atoms with Gasteiger partial charge in [-0.2, -0.15) is 0 Å². The van der Waals surface area contributed by atoms with Gasteiger partial charge in [0.05, 0.1) is 24.6 Å². The quantitative estimate of drug-likeness (QED) is 0.429. The van der Waals surface area contributed by atoms with Crippen molar-refractivity contribution >= 4 is 34.8 Å². The second kappa shape index (κ2) is 10.4. The number of anilines is 1. The summed E-state index contributed by atoms with van der Waals surface area (Å²) >= 11 is 12.1. The lowest BCUT2D eigenvalue weighted by molar-refractivity contribution is 0.0342. The van der Waals surface area contributed by atoms with E-state index in [2.05, 4.69) is 20.2 Å². The molecule has 8 nitrogen and oxygen atoms in total. The predicted molar refractivity (Wildman–Crippen MR) is 123 cm³/mol. The zero-order valence-electron chi connectivity index (χ0n) is 17.5. The second-order valence-corrected chi connectivity index (χ2v) is 8.28. The standard InChI is InChI=1S/C22H22Cl2FN5O3/c23-17-2-1-14(10-27-22(31)19-21(24)29-12-28-19)18(25)20(17)33-16-8-13(7-15(26)9-16)11-30-3-5-32-6-4-30/h1-2,7-9,12H,3-6,10-11,26H2,(H,27,31)(H,28,29). The highest BCUT2D eigenvalue weighted by molar-refractivity contribution is 6.32. The number of nitrogens with zero attached hydrogens (tertiary/aromatic N) is 2. The molecule has 0 bridgehead atoms. The number of ether oxygens (including phenoxy) is 2. The highest BCUT2D eigenvalue weighted by Gasteiger charge is 2.18. The van der Waals surface area contributed by atoms with Crippen molar-refractivity contribution in [3.8, 4) is 11.5 Å². The maximum atomic E-state index is 15.2. The largest absolute Gasteiger partial charge is 0.453 e. The SMILES string of the molecule is Nc1cc(CN2CCOCC2)cc(Oc2c(Cl)ccc(CNC(=O)c3nc[nH]c3Cl)c2F)c1. The van der Waals surface area contributed by atoms with Gasteiger partial charge in [0.25, 0.3) is 5.91 Å². The van der Waals surface area contributed by atoms with Crippen molar-refractivity contribution in [2.75, 3.05) is 32.0 Å². The molecule has 11 heteroatoms. The van der Waals surface area contributed by atoms with Gasteiger partial charge in [-0.1, -0.05) is 29.3 Å². The number of nitrogens with two attached hydrogens (primary N) is 1. The molecule has 4 rings (SSSR count). The van der Waals surface area contributed by atoms with Gasteiger partial charge in [0.15, 0.2) is 17.3 Å². The molecule has 1 saturated heterocycles. The molecule has 174 valence electrons. The van der Waals surface area contributed by atoms with Gasteiger partial charge in [0, 0.05) is 43.5 Å². The molecular weight excluding hydrogens is 472 g/mol. The minimum atomic E-state index is -0.687. The lowest BCUT2D eigenvalue weighted by Gasteiger charge is -2.26. The number of hydrogen-bond acceptors (Lipinski definition) is 6. The number of nitrogens with one attached hydrogen (secondary N) is 2. The molecule has 0 saturated carbocycles. The molecule has 0 spiro atoms. The summed E-state index contributed by atoms with van der Waals surface area (Å²) in [6, 6.07) is 8.23. The summed E-state index contributed by atoms with van der Waals surface area (Å²) in [7, 11) is 0. The molecule has 1 aliphatic rings. The Bertz CT molecular complexity index is 1150. The number of morpholine rings is 1. The molecule has 0 unspecified atom stereocenters. The topological polar surface area (TPSA) is 106 Å². The molecule has 1 aliphatic heterocycles. The van der Waals surface area contributed by atoms with Crippen LogP contribution < -0.4 is 15.8 Å². The first kappa shape index (κ1) is 23.3. The number of imidazole rings is 1. The first-order chi connectivity index (χ1) is 15.9. The van der Waals surface area contributed by atoms with Crippen LogP contribution in [0.5, 0.6) is 11.5 Å². The molecule has 0 atom stereocenters. The van der Waals surface area contributed by atoms with Crippen LogP contribution in [0.4, 0.5) is 10.1 Å². The fraction of sp³-hybridized carbons (Fsp3) is 0.273. The van der Waals surface area contributed by atoms with Gasteiger partial charge in [0.2, 0.25) is 0 Å². The second-order valence-electron chi connectivity index (χ2n) is 7.50. The number of nitrogen functional groups attached to an aromatic ring is 1. The third kappa shape index (κ3) is 5.75. The van der Waals surface area contributed by atoms with Crippen molar-refractivity contribution in [3.05, 3.63) is 69.5 Å². The minimum Gasteiger partial charge on any atom is -0.453 e. The van der Waals surface area contributed by atoms with E-state index in [-0.39, 0.29) is 33.7 Å². The van der Waals surface area contributed by atoms with Crippen LogP contribution in [0, 0.1) is 5.82 Å². The number of aromatic amines is 1. The van der Waals surface area contributed by atoms with E-state index in [0.29, 0.717) is 31.2 Å². The summed E-state index contributed by atoms with van der Waals surface area (Å²) in [5, 5.41) is 2.77. The van der Waals surface area contributed by atoms with Crippen LogP contribution in [-0.4, -0.2) is 47.1 Å². The zero-order chi connectivity index (χ0) is 23.4. The summed E-state index contributed by atoms with van der Waals surface area (Å²) < 4.78 is 26.4. The number of H-pyrrole nitrogens is 1. The Morgan fingerprint density at radius 1 is 1.27 bits per heavy atom. The minimum absolute atomic E-state index is 0.0232. The lowest BCUT2D eigenvalue weighted by Crippen LogP contribution is -2.35. The predicted octanol–water partition coefficient (Wildman–Crippen LogP) is 3.99. The Balaban J connectivity index is 1.49. The van der Waals surface area contributed by atoms with Gasteiger partial charge in [-0.15, -0.1) is 0 Å². The summed E-state index contributed by atoms with van der Waals surface area (Å²) in [5.74, 6) is -1.01. The lowest BCUT2D eigenvalue weighted by atomic mass is 10.1. The molecular formula is C22H22Cl2FN5O3. The monoisotopic (exact) mass is 493 g/mol. The van der Waals surface area contributed by atoms with Gasteiger partial charge in [0.1, 0.15) is 10.9 Å². The van der Waals surface area contributed by atoms with Crippen LogP contribution in [0.25, 0.3) is 0 Å². The summed E-state index contributed by atoms with van der Waals surface area (Å²) in [6.45, 7) is 3.57. The fourth-order valence-electron chi connectivity index (χ4n) is 3.47. The van der Waals surface area contributed by atoms with E-state index in [9.17, 15) is 4.79 Å². The van der Waals surface area contributed by atoms with Crippen molar-refractivity contribution in [1.82, 2.24) is 20.2 Å². The number of amides is 1. The van der Waals surface area contributed by atoms with Crippen LogP contribution in [0.15, 0.2) is 36.7 Å². The van der Waals surface area contributed by atoms with Crippen LogP contribution in [-0.2, 0) is 17.8 Å². The Hall–Kier alpha value is -2.85. The van der Waals surface area contributed by atoms with Crippen molar-refractivity contribution in [1.29, 1.82) is 0 Å². The maximum Gasteiger partial charge on any atom is 0.273 e. The third-order valence-corrected chi connectivity index (χ3v) is 5.68. The Kier molecular flexibility index (Phi) is 7.34. The van der Waals surface area contributed by atoms with Crippen molar-refractivity contribution in [3.63, 3.8) is 0 Å². The average molecular weight is 494 g/mol. The number of hydrogen-bond donors (Lipinski definition) is 3. The third-order valence-electron chi connectivity index (χ3n) is 5.09. The van der Waals surface area contributed by atoms with Crippen LogP contribution in [0.3, 0.4) is 0 Å². The summed E-state index contributed by atoms with van der Waals surface area (Å²) in [6.07, 6.45) is 1.30. The van der Waals surface area contributed by atoms with Gasteiger partial charge in [-0.3, -0.25) is 9.69 Å². The molecule has 0 aliphatic carbocycles. The van der Waals surface area contributed by atoms with Crippen molar-refractivity contribution < 1.29 is 18.7 Å². The van der Waals surface area contributed by atoms with Crippen LogP contribution >= 0.6 is 23.2 Å². The van der Waals surface area contributed by atoms with Crippen molar-refractivity contribution in [2.45, 2.75) is 13.1 Å². The number of carbonyl (C=O) groups excluding carboxylic acids is 1.